The van der Waals surface area contributed by atoms with Crippen molar-refractivity contribution in [2.75, 3.05) is 26.8 Å². The van der Waals surface area contributed by atoms with Crippen LogP contribution in [0.3, 0.4) is 0 Å². The molecule has 2 aromatic rings. The van der Waals surface area contributed by atoms with Crippen LogP contribution in [0.5, 0.6) is 0 Å². The van der Waals surface area contributed by atoms with Crippen LogP contribution in [0.15, 0.2) is 47.4 Å². The van der Waals surface area contributed by atoms with Gasteiger partial charge in [-0.05, 0) is 62.3 Å². The lowest BCUT2D eigenvalue weighted by molar-refractivity contribution is -0.138. The summed E-state index contributed by atoms with van der Waals surface area (Å²) < 4.78 is 52.2. The van der Waals surface area contributed by atoms with E-state index in [9.17, 15) is 18.0 Å². The quantitative estimate of drug-likeness (QED) is 0.258. The van der Waals surface area contributed by atoms with Gasteiger partial charge in [0, 0.05) is 23.1 Å². The zero-order chi connectivity index (χ0) is 21.7. The highest BCUT2D eigenvalue weighted by atomic mass is 32.2. The number of esters is 1. The Kier molecular flexibility index (Phi) is 7.17. The molecule has 0 saturated carbocycles. The number of likely N-dealkylation sites (N-methyl/N-ethyl adjacent to an activating group) is 1. The van der Waals surface area contributed by atoms with Crippen molar-refractivity contribution >= 4 is 24.0 Å². The van der Waals surface area contributed by atoms with Gasteiger partial charge in [0.05, 0.1) is 36.3 Å². The monoisotopic (exact) mass is 438 g/mol. The first-order chi connectivity index (χ1) is 14.2. The van der Waals surface area contributed by atoms with E-state index in [-0.39, 0.29) is 12.7 Å². The molecule has 30 heavy (non-hydrogen) atoms. The molecule has 1 aromatic carbocycles. The van der Waals surface area contributed by atoms with Crippen LogP contribution in [0.25, 0.3) is 17.3 Å². The fourth-order valence-corrected chi connectivity index (χ4v) is 3.65. The summed E-state index contributed by atoms with van der Waals surface area (Å²) in [5.74, 6) is -0.509. The molecule has 1 aliphatic heterocycles. The lowest BCUT2D eigenvalue weighted by atomic mass is 10.1. The molecule has 0 amide bonds. The number of epoxide rings is 1. The van der Waals surface area contributed by atoms with Gasteiger partial charge in [-0.15, -0.1) is 0 Å². The molecule has 5 nitrogen and oxygen atoms in total. The zero-order valence-electron chi connectivity index (χ0n) is 16.5. The van der Waals surface area contributed by atoms with Crippen molar-refractivity contribution in [3.63, 3.8) is 0 Å². The van der Waals surface area contributed by atoms with Crippen LogP contribution in [0, 0.1) is 0 Å². The van der Waals surface area contributed by atoms with Gasteiger partial charge in [-0.1, -0.05) is 6.07 Å². The second-order valence-corrected chi connectivity index (χ2v) is 7.91. The molecule has 1 fully saturated rings. The van der Waals surface area contributed by atoms with Crippen molar-refractivity contribution in [3.8, 4) is 11.3 Å². The lowest BCUT2D eigenvalue weighted by Gasteiger charge is -2.17. The SMILES string of the molecule is CCOC(=O)/C=C/c1cccc(-c2cc(SN(C)CC3CO3)cc(C(F)(F)F)c2)n1. The second kappa shape index (κ2) is 9.63. The van der Waals surface area contributed by atoms with Crippen molar-refractivity contribution in [1.82, 2.24) is 9.29 Å². The molecule has 160 valence electrons. The average molecular weight is 438 g/mol. The first kappa shape index (κ1) is 22.3. The maximum atomic E-state index is 13.5. The third kappa shape index (κ3) is 6.58. The normalized spacial score (nSPS) is 16.3. The number of pyridine rings is 1. The van der Waals surface area contributed by atoms with Crippen molar-refractivity contribution in [1.29, 1.82) is 0 Å². The van der Waals surface area contributed by atoms with Crippen LogP contribution < -0.4 is 0 Å². The van der Waals surface area contributed by atoms with E-state index in [2.05, 4.69) is 4.98 Å². The molecule has 3 rings (SSSR count). The van der Waals surface area contributed by atoms with Gasteiger partial charge >= 0.3 is 12.1 Å². The average Bonchev–Trinajstić information content (AvgIpc) is 3.50. The number of hydrogen-bond acceptors (Lipinski definition) is 6. The smallest absolute Gasteiger partial charge is 0.416 e. The largest absolute Gasteiger partial charge is 0.463 e. The van der Waals surface area contributed by atoms with Gasteiger partial charge in [-0.3, -0.25) is 0 Å². The van der Waals surface area contributed by atoms with Gasteiger partial charge in [-0.2, -0.15) is 13.2 Å². The Labute approximate surface area is 177 Å². The number of hydrogen-bond donors (Lipinski definition) is 0. The van der Waals surface area contributed by atoms with Crippen LogP contribution in [-0.2, 0) is 20.4 Å². The Morgan fingerprint density at radius 3 is 2.80 bits per heavy atom. The zero-order valence-corrected chi connectivity index (χ0v) is 17.3. The maximum Gasteiger partial charge on any atom is 0.416 e. The van der Waals surface area contributed by atoms with E-state index in [0.717, 1.165) is 12.1 Å². The fourth-order valence-electron chi connectivity index (χ4n) is 2.69. The number of nitrogens with zero attached hydrogens (tertiary/aromatic N) is 2. The molecule has 1 aliphatic rings. The van der Waals surface area contributed by atoms with E-state index in [4.69, 9.17) is 9.47 Å². The van der Waals surface area contributed by atoms with E-state index in [1.165, 1.54) is 24.1 Å². The predicted molar refractivity (Wildman–Crippen MR) is 109 cm³/mol. The molecule has 0 spiro atoms. The van der Waals surface area contributed by atoms with E-state index < -0.39 is 17.7 Å². The molecule has 1 aromatic heterocycles. The molecule has 1 saturated heterocycles. The van der Waals surface area contributed by atoms with Crippen LogP contribution in [-0.4, -0.2) is 48.2 Å². The maximum absolute atomic E-state index is 13.5. The highest BCUT2D eigenvalue weighted by Gasteiger charge is 2.32. The third-order valence-electron chi connectivity index (χ3n) is 4.10. The molecule has 1 atom stereocenters. The summed E-state index contributed by atoms with van der Waals surface area (Å²) in [5, 5.41) is 0. The third-order valence-corrected chi connectivity index (χ3v) is 5.01. The van der Waals surface area contributed by atoms with Gasteiger partial charge in [0.1, 0.15) is 0 Å². The molecular formula is C21H21F3N2O3S. The van der Waals surface area contributed by atoms with E-state index >= 15 is 0 Å². The number of carbonyl (C=O) groups is 1. The van der Waals surface area contributed by atoms with Crippen LogP contribution in [0.1, 0.15) is 18.2 Å². The van der Waals surface area contributed by atoms with E-state index in [1.54, 1.807) is 31.2 Å². The highest BCUT2D eigenvalue weighted by Crippen LogP contribution is 2.36. The Morgan fingerprint density at radius 2 is 2.13 bits per heavy atom. The minimum absolute atomic E-state index is 0.136. The number of ether oxygens (including phenoxy) is 2. The predicted octanol–water partition coefficient (Wildman–Crippen LogP) is 4.68. The number of rotatable bonds is 8. The summed E-state index contributed by atoms with van der Waals surface area (Å²) in [6.45, 7) is 3.25. The van der Waals surface area contributed by atoms with Gasteiger partial charge in [-0.25, -0.2) is 14.1 Å². The van der Waals surface area contributed by atoms with Crippen molar-refractivity contribution in [2.24, 2.45) is 0 Å². The summed E-state index contributed by atoms with van der Waals surface area (Å²) in [4.78, 5) is 16.3. The number of carbonyl (C=O) groups excluding carboxylic acids is 1. The minimum Gasteiger partial charge on any atom is -0.463 e. The number of aromatic nitrogens is 1. The molecule has 9 heteroatoms. The fraction of sp³-hybridized carbons (Fsp3) is 0.333. The summed E-state index contributed by atoms with van der Waals surface area (Å²) in [5.41, 5.74) is 0.417. The van der Waals surface area contributed by atoms with Gasteiger partial charge in [0.25, 0.3) is 0 Å². The van der Waals surface area contributed by atoms with Crippen LogP contribution >= 0.6 is 11.9 Å². The summed E-state index contributed by atoms with van der Waals surface area (Å²) >= 11 is 1.23. The molecule has 0 aliphatic carbocycles. The van der Waals surface area contributed by atoms with Crippen LogP contribution in [0.4, 0.5) is 13.2 Å². The lowest BCUT2D eigenvalue weighted by Crippen LogP contribution is -2.15. The standard InChI is InChI=1S/C21H21F3N2O3S/c1-3-28-20(27)8-7-16-5-4-6-19(25-16)14-9-15(21(22,23)24)11-18(10-14)30-26(2)12-17-13-29-17/h4-11,17H,3,12-13H2,1-2H3/b8-7+. The van der Waals surface area contributed by atoms with Crippen molar-refractivity contribution in [2.45, 2.75) is 24.1 Å². The van der Waals surface area contributed by atoms with Crippen LogP contribution in [0.2, 0.25) is 0 Å². The number of alkyl halides is 3. The second-order valence-electron chi connectivity index (χ2n) is 6.63. The topological polar surface area (TPSA) is 55.0 Å². The van der Waals surface area contributed by atoms with Crippen molar-refractivity contribution < 1.29 is 27.4 Å². The number of halogens is 3. The Balaban J connectivity index is 1.89. The van der Waals surface area contributed by atoms with Gasteiger partial charge < -0.3 is 9.47 Å². The molecule has 0 bridgehead atoms. The minimum atomic E-state index is -4.48. The number of benzene rings is 1. The molecule has 0 radical (unpaired) electrons. The van der Waals surface area contributed by atoms with E-state index in [1.807, 2.05) is 11.4 Å². The summed E-state index contributed by atoms with van der Waals surface area (Å²) in [6.07, 6.45) is -1.64. The first-order valence-corrected chi connectivity index (χ1v) is 10.1. The molecular weight excluding hydrogens is 417 g/mol. The van der Waals surface area contributed by atoms with Gasteiger partial charge in [0.15, 0.2) is 0 Å². The van der Waals surface area contributed by atoms with Crippen molar-refractivity contribution in [3.05, 3.63) is 53.7 Å². The Hall–Kier alpha value is -2.36. The molecule has 2 heterocycles. The van der Waals surface area contributed by atoms with Gasteiger partial charge in [0.2, 0.25) is 0 Å². The Bertz CT molecular complexity index is 930. The van der Waals surface area contributed by atoms with E-state index in [0.29, 0.717) is 35.0 Å². The molecule has 0 N–H and O–H groups in total. The Morgan fingerprint density at radius 1 is 1.37 bits per heavy atom. The highest BCUT2D eigenvalue weighted by molar-refractivity contribution is 7.97. The summed E-state index contributed by atoms with van der Waals surface area (Å²) in [7, 11) is 1.81. The first-order valence-electron chi connectivity index (χ1n) is 9.30. The molecule has 1 unspecified atom stereocenters. The summed E-state index contributed by atoms with van der Waals surface area (Å²) in [6, 6.07) is 8.85.